The van der Waals surface area contributed by atoms with Crippen molar-refractivity contribution in [2.45, 2.75) is 6.42 Å². The molecule has 0 aliphatic heterocycles. The summed E-state index contributed by atoms with van der Waals surface area (Å²) >= 11 is 0. The van der Waals surface area contributed by atoms with Crippen LogP contribution in [0.1, 0.15) is 11.1 Å². The number of hydrogen-bond donors (Lipinski definition) is 2. The molecular formula is C27H25N3O2. The molecule has 4 aromatic rings. The molecule has 0 atom stereocenters. The highest BCUT2D eigenvalue weighted by atomic mass is 16.5. The first kappa shape index (κ1) is 21.0. The highest BCUT2D eigenvalue weighted by Gasteiger charge is 2.08. The molecule has 0 aliphatic carbocycles. The number of rotatable bonds is 8. The molecule has 0 heterocycles. The average Bonchev–Trinajstić information content (AvgIpc) is 2.81. The van der Waals surface area contributed by atoms with Gasteiger partial charge in [-0.25, -0.2) is 0 Å². The van der Waals surface area contributed by atoms with Crippen molar-refractivity contribution in [3.63, 3.8) is 0 Å². The number of nitrogens with zero attached hydrogens (tertiary/aromatic N) is 1. The van der Waals surface area contributed by atoms with E-state index in [-0.39, 0.29) is 0 Å². The molecule has 0 aliphatic rings. The Morgan fingerprint density at radius 1 is 0.719 bits per heavy atom. The molecule has 0 radical (unpaired) electrons. The van der Waals surface area contributed by atoms with Gasteiger partial charge >= 0.3 is 0 Å². The van der Waals surface area contributed by atoms with E-state index in [1.165, 1.54) is 0 Å². The van der Waals surface area contributed by atoms with Crippen LogP contribution in [0.3, 0.4) is 0 Å². The normalized spacial score (nSPS) is 10.4. The minimum atomic E-state index is 0.694. The van der Waals surface area contributed by atoms with Crippen LogP contribution < -0.4 is 20.5 Å². The second-order valence-electron chi connectivity index (χ2n) is 7.36. The first-order chi connectivity index (χ1) is 15.6. The third-order valence-corrected chi connectivity index (χ3v) is 4.96. The number of nitrogen functional groups attached to an aromatic ring is 1. The summed E-state index contributed by atoms with van der Waals surface area (Å²) in [5, 5.41) is 3.11. The lowest BCUT2D eigenvalue weighted by Gasteiger charge is -2.13. The van der Waals surface area contributed by atoms with E-state index in [0.29, 0.717) is 17.2 Å². The summed E-state index contributed by atoms with van der Waals surface area (Å²) in [6.45, 7) is 3.54. The molecule has 4 aromatic carbocycles. The van der Waals surface area contributed by atoms with E-state index in [1.807, 2.05) is 98.0 Å². The van der Waals surface area contributed by atoms with Crippen LogP contribution in [-0.4, -0.2) is 13.8 Å². The summed E-state index contributed by atoms with van der Waals surface area (Å²) in [5.41, 5.74) is 10.6. The van der Waals surface area contributed by atoms with Crippen molar-refractivity contribution >= 4 is 23.8 Å². The third kappa shape index (κ3) is 5.46. The average molecular weight is 424 g/mol. The summed E-state index contributed by atoms with van der Waals surface area (Å²) in [4.78, 5) is 3.92. The van der Waals surface area contributed by atoms with Crippen LogP contribution in [0.4, 0.5) is 17.1 Å². The van der Waals surface area contributed by atoms with Gasteiger partial charge in [0.25, 0.3) is 0 Å². The highest BCUT2D eigenvalue weighted by Crippen LogP contribution is 2.32. The molecule has 0 bridgehead atoms. The maximum absolute atomic E-state index is 6.14. The number of ether oxygens (including phenoxy) is 2. The van der Waals surface area contributed by atoms with Crippen molar-refractivity contribution in [3.8, 4) is 23.0 Å². The molecule has 3 N–H and O–H groups in total. The van der Waals surface area contributed by atoms with Crippen molar-refractivity contribution in [2.24, 2.45) is 4.99 Å². The maximum atomic E-state index is 6.14. The Morgan fingerprint density at radius 3 is 1.81 bits per heavy atom. The van der Waals surface area contributed by atoms with Crippen LogP contribution in [0, 0.1) is 0 Å². The van der Waals surface area contributed by atoms with E-state index >= 15 is 0 Å². The highest BCUT2D eigenvalue weighted by molar-refractivity contribution is 5.50. The first-order valence-electron chi connectivity index (χ1n) is 10.3. The van der Waals surface area contributed by atoms with E-state index < -0.39 is 0 Å². The van der Waals surface area contributed by atoms with Crippen molar-refractivity contribution in [3.05, 3.63) is 102 Å². The van der Waals surface area contributed by atoms with Gasteiger partial charge in [0.05, 0.1) is 5.69 Å². The van der Waals surface area contributed by atoms with Crippen molar-refractivity contribution in [1.82, 2.24) is 0 Å². The Morgan fingerprint density at radius 2 is 1.28 bits per heavy atom. The fraction of sp³-hybridized carbons (Fsp3) is 0.0741. The van der Waals surface area contributed by atoms with E-state index in [4.69, 9.17) is 15.2 Å². The van der Waals surface area contributed by atoms with Gasteiger partial charge in [0.2, 0.25) is 0 Å². The van der Waals surface area contributed by atoms with Crippen LogP contribution in [0.15, 0.2) is 96.0 Å². The molecule has 5 nitrogen and oxygen atoms in total. The number of aliphatic imine (C=N–C) groups is 1. The predicted molar refractivity (Wildman–Crippen MR) is 132 cm³/mol. The van der Waals surface area contributed by atoms with Gasteiger partial charge in [-0.05, 0) is 97.1 Å². The topological polar surface area (TPSA) is 68.9 Å². The first-order valence-corrected chi connectivity index (χ1v) is 10.3. The molecule has 160 valence electrons. The molecule has 0 unspecified atom stereocenters. The molecular weight excluding hydrogens is 398 g/mol. The fourth-order valence-corrected chi connectivity index (χ4v) is 3.30. The zero-order valence-corrected chi connectivity index (χ0v) is 17.9. The summed E-state index contributed by atoms with van der Waals surface area (Å²) in [5.74, 6) is 2.86. The quantitative estimate of drug-likeness (QED) is 0.241. The van der Waals surface area contributed by atoms with Gasteiger partial charge in [-0.1, -0.05) is 12.1 Å². The summed E-state index contributed by atoms with van der Waals surface area (Å²) in [6, 6.07) is 29.1. The summed E-state index contributed by atoms with van der Waals surface area (Å²) in [7, 11) is 1.89. The molecule has 32 heavy (non-hydrogen) atoms. The fourth-order valence-electron chi connectivity index (χ4n) is 3.30. The summed E-state index contributed by atoms with van der Waals surface area (Å²) < 4.78 is 12.3. The third-order valence-electron chi connectivity index (χ3n) is 4.96. The van der Waals surface area contributed by atoms with Crippen molar-refractivity contribution in [1.29, 1.82) is 0 Å². The molecule has 5 heteroatoms. The number of benzene rings is 4. The van der Waals surface area contributed by atoms with Crippen LogP contribution in [0.2, 0.25) is 0 Å². The molecule has 0 saturated heterocycles. The Balaban J connectivity index is 1.62. The lowest BCUT2D eigenvalue weighted by atomic mass is 10.0. The SMILES string of the molecule is C=Nc1ccc(Oc2cc(Cc3ccc(N)cc3)cc(Oc3ccc(NC)cc3)c2)cc1. The van der Waals surface area contributed by atoms with E-state index in [2.05, 4.69) is 17.0 Å². The Labute approximate surface area is 188 Å². The maximum Gasteiger partial charge on any atom is 0.131 e. The lowest BCUT2D eigenvalue weighted by Crippen LogP contribution is -1.94. The van der Waals surface area contributed by atoms with Gasteiger partial charge in [-0.3, -0.25) is 4.99 Å². The minimum absolute atomic E-state index is 0.694. The zero-order valence-electron chi connectivity index (χ0n) is 17.9. The van der Waals surface area contributed by atoms with Crippen LogP contribution in [-0.2, 0) is 6.42 Å². The number of anilines is 2. The largest absolute Gasteiger partial charge is 0.457 e. The van der Waals surface area contributed by atoms with E-state index in [1.54, 1.807) is 0 Å². The van der Waals surface area contributed by atoms with Gasteiger partial charge in [-0.15, -0.1) is 0 Å². The molecule has 0 aromatic heterocycles. The van der Waals surface area contributed by atoms with E-state index in [0.717, 1.165) is 40.4 Å². The second-order valence-corrected chi connectivity index (χ2v) is 7.36. The van der Waals surface area contributed by atoms with Crippen molar-refractivity contribution in [2.75, 3.05) is 18.1 Å². The van der Waals surface area contributed by atoms with Crippen LogP contribution >= 0.6 is 0 Å². The molecule has 0 spiro atoms. The van der Waals surface area contributed by atoms with Crippen molar-refractivity contribution < 1.29 is 9.47 Å². The number of nitrogens with one attached hydrogen (secondary N) is 1. The van der Waals surface area contributed by atoms with Crippen LogP contribution in [0.25, 0.3) is 0 Å². The summed E-state index contributed by atoms with van der Waals surface area (Å²) in [6.07, 6.45) is 0.728. The van der Waals surface area contributed by atoms with Crippen LogP contribution in [0.5, 0.6) is 23.0 Å². The molecule has 0 saturated carbocycles. The Bertz CT molecular complexity index is 1190. The monoisotopic (exact) mass is 423 g/mol. The second kappa shape index (κ2) is 9.71. The Hall–Kier alpha value is -4.25. The van der Waals surface area contributed by atoms with Gasteiger partial charge in [0, 0.05) is 24.5 Å². The van der Waals surface area contributed by atoms with Gasteiger partial charge < -0.3 is 20.5 Å². The van der Waals surface area contributed by atoms with E-state index in [9.17, 15) is 0 Å². The molecule has 0 fully saturated rings. The number of hydrogen-bond acceptors (Lipinski definition) is 5. The molecule has 0 amide bonds. The van der Waals surface area contributed by atoms with Gasteiger partial charge in [0.1, 0.15) is 23.0 Å². The zero-order chi connectivity index (χ0) is 22.3. The smallest absolute Gasteiger partial charge is 0.131 e. The molecule has 4 rings (SSSR count). The van der Waals surface area contributed by atoms with Gasteiger partial charge in [-0.2, -0.15) is 0 Å². The number of nitrogens with two attached hydrogens (primary N) is 1. The Kier molecular flexibility index (Phi) is 6.37. The minimum Gasteiger partial charge on any atom is -0.457 e. The lowest BCUT2D eigenvalue weighted by molar-refractivity contribution is 0.459. The standard InChI is InChI=1S/C27H25N3O2/c1-29-22-7-11-24(12-8-22)31-26-16-20(15-19-3-5-21(28)6-4-19)17-27(18-26)32-25-13-9-23(30-2)10-14-25/h3-14,16-18,30H,1,15,28H2,2H3. The van der Waals surface area contributed by atoms with Gasteiger partial charge in [0.15, 0.2) is 0 Å². The predicted octanol–water partition coefficient (Wildman–Crippen LogP) is 6.82.